The summed E-state index contributed by atoms with van der Waals surface area (Å²) in [5.74, 6) is 4.12. The van der Waals surface area contributed by atoms with Crippen molar-refractivity contribution in [3.63, 3.8) is 0 Å². The van der Waals surface area contributed by atoms with Gasteiger partial charge in [-0.25, -0.2) is 0 Å². The fourth-order valence-corrected chi connectivity index (χ4v) is 4.55. The Morgan fingerprint density at radius 1 is 1.19 bits per heavy atom. The predicted octanol–water partition coefficient (Wildman–Crippen LogP) is 5.58. The highest BCUT2D eigenvalue weighted by atomic mass is 32.2. The highest BCUT2D eigenvalue weighted by Gasteiger charge is 2.29. The number of nitrogens with one attached hydrogen (secondary N) is 1. The molecule has 1 aromatic carbocycles. The van der Waals surface area contributed by atoms with Crippen LogP contribution in [0.3, 0.4) is 0 Å². The van der Waals surface area contributed by atoms with Crippen molar-refractivity contribution >= 4 is 17.7 Å². The van der Waals surface area contributed by atoms with E-state index in [0.717, 1.165) is 23.7 Å². The first-order chi connectivity index (χ1) is 12.5. The van der Waals surface area contributed by atoms with Crippen molar-refractivity contribution in [1.29, 1.82) is 0 Å². The van der Waals surface area contributed by atoms with Crippen molar-refractivity contribution < 1.29 is 9.21 Å². The first kappa shape index (κ1) is 19.1. The van der Waals surface area contributed by atoms with E-state index in [9.17, 15) is 4.79 Å². The summed E-state index contributed by atoms with van der Waals surface area (Å²) in [4.78, 5) is 12.5. The van der Waals surface area contributed by atoms with E-state index in [-0.39, 0.29) is 11.9 Å². The molecule has 1 amide bonds. The zero-order valence-corrected chi connectivity index (χ0v) is 16.8. The summed E-state index contributed by atoms with van der Waals surface area (Å²) in [5.41, 5.74) is 2.60. The summed E-state index contributed by atoms with van der Waals surface area (Å²) in [6, 6.07) is 12.5. The smallest absolute Gasteiger partial charge is 0.287 e. The average Bonchev–Trinajstić information content (AvgIpc) is 3.08. The molecule has 0 unspecified atom stereocenters. The number of carbonyl (C=O) groups excluding carboxylic acids is 1. The average molecular weight is 372 g/mol. The first-order valence-corrected chi connectivity index (χ1v) is 10.7. The highest BCUT2D eigenvalue weighted by molar-refractivity contribution is 7.97. The van der Waals surface area contributed by atoms with Crippen LogP contribution in [-0.4, -0.2) is 11.9 Å². The van der Waals surface area contributed by atoms with Crippen molar-refractivity contribution in [3.05, 3.63) is 59.0 Å². The van der Waals surface area contributed by atoms with Gasteiger partial charge in [0.05, 0.1) is 5.75 Å². The topological polar surface area (TPSA) is 42.2 Å². The Bertz CT molecular complexity index is 739. The van der Waals surface area contributed by atoms with Gasteiger partial charge in [0.2, 0.25) is 0 Å². The number of thioether (sulfide) groups is 1. The second kappa shape index (κ2) is 8.81. The molecule has 1 fully saturated rings. The van der Waals surface area contributed by atoms with Crippen molar-refractivity contribution in [1.82, 2.24) is 5.32 Å². The number of amides is 1. The third-order valence-corrected chi connectivity index (χ3v) is 6.53. The fourth-order valence-electron chi connectivity index (χ4n) is 3.67. The minimum absolute atomic E-state index is 0.0779. The lowest BCUT2D eigenvalue weighted by molar-refractivity contribution is 0.0861. The highest BCUT2D eigenvalue weighted by Crippen LogP contribution is 2.29. The van der Waals surface area contributed by atoms with Gasteiger partial charge in [0, 0.05) is 11.8 Å². The molecule has 1 aromatic heterocycles. The van der Waals surface area contributed by atoms with Gasteiger partial charge >= 0.3 is 0 Å². The van der Waals surface area contributed by atoms with E-state index in [1.165, 1.54) is 24.0 Å². The van der Waals surface area contributed by atoms with Crippen LogP contribution < -0.4 is 5.32 Å². The monoisotopic (exact) mass is 371 g/mol. The van der Waals surface area contributed by atoms with Crippen molar-refractivity contribution in [3.8, 4) is 0 Å². The number of carbonyl (C=O) groups is 1. The number of hydrogen-bond acceptors (Lipinski definition) is 3. The summed E-state index contributed by atoms with van der Waals surface area (Å²) in [5, 5.41) is 3.18. The number of furan rings is 1. The van der Waals surface area contributed by atoms with Gasteiger partial charge in [-0.3, -0.25) is 4.79 Å². The summed E-state index contributed by atoms with van der Waals surface area (Å²) in [7, 11) is 0. The summed E-state index contributed by atoms with van der Waals surface area (Å²) >= 11 is 1.80. The molecule has 140 valence electrons. The molecule has 4 heteroatoms. The number of hydrogen-bond donors (Lipinski definition) is 1. The molecule has 0 saturated heterocycles. The standard InChI is InChI=1S/C22H29NO2S/c1-15-6-4-8-18(12-15)13-26-14-19-10-11-21(25-19)22(24)23-20-9-5-7-16(2)17(20)3/h4,6,8,10-12,16-17,20H,5,7,9,13-14H2,1-3H3,(H,23,24)/t16-,17+,20+/m0/s1. The Morgan fingerprint density at radius 2 is 2.04 bits per heavy atom. The van der Waals surface area contributed by atoms with Gasteiger partial charge in [0.15, 0.2) is 5.76 Å². The maximum Gasteiger partial charge on any atom is 0.287 e. The third-order valence-electron chi connectivity index (χ3n) is 5.50. The third kappa shape index (κ3) is 4.94. The zero-order valence-electron chi connectivity index (χ0n) is 16.0. The Balaban J connectivity index is 1.50. The zero-order chi connectivity index (χ0) is 18.5. The summed E-state index contributed by atoms with van der Waals surface area (Å²) in [6.07, 6.45) is 3.52. The van der Waals surface area contributed by atoms with Crippen LogP contribution in [0.15, 0.2) is 40.8 Å². The quantitative estimate of drug-likeness (QED) is 0.721. The summed E-state index contributed by atoms with van der Waals surface area (Å²) < 4.78 is 5.78. The lowest BCUT2D eigenvalue weighted by atomic mass is 9.78. The second-order valence-electron chi connectivity index (χ2n) is 7.60. The van der Waals surface area contributed by atoms with E-state index in [2.05, 4.69) is 50.4 Å². The van der Waals surface area contributed by atoms with Crippen LogP contribution in [-0.2, 0) is 11.5 Å². The van der Waals surface area contributed by atoms with Crippen molar-refractivity contribution in [2.24, 2.45) is 11.8 Å². The van der Waals surface area contributed by atoms with E-state index >= 15 is 0 Å². The first-order valence-electron chi connectivity index (χ1n) is 9.56. The van der Waals surface area contributed by atoms with E-state index in [0.29, 0.717) is 17.6 Å². The Labute approximate surface area is 160 Å². The lowest BCUT2D eigenvalue weighted by Crippen LogP contribution is -2.43. The lowest BCUT2D eigenvalue weighted by Gasteiger charge is -2.34. The minimum Gasteiger partial charge on any atom is -0.455 e. The molecule has 1 aliphatic carbocycles. The number of aryl methyl sites for hydroxylation is 1. The van der Waals surface area contributed by atoms with Gasteiger partial charge in [-0.05, 0) is 42.9 Å². The molecule has 3 atom stereocenters. The largest absolute Gasteiger partial charge is 0.455 e. The second-order valence-corrected chi connectivity index (χ2v) is 8.58. The molecule has 3 nitrogen and oxygen atoms in total. The van der Waals surface area contributed by atoms with E-state index in [4.69, 9.17) is 4.42 Å². The van der Waals surface area contributed by atoms with Crippen molar-refractivity contribution in [2.45, 2.75) is 57.6 Å². The molecule has 0 spiro atoms. The Morgan fingerprint density at radius 3 is 2.85 bits per heavy atom. The maximum atomic E-state index is 12.5. The Hall–Kier alpha value is -1.68. The van der Waals surface area contributed by atoms with Crippen LogP contribution in [0.2, 0.25) is 0 Å². The molecule has 1 saturated carbocycles. The molecule has 1 N–H and O–H groups in total. The Kier molecular flexibility index (Phi) is 6.47. The molecule has 3 rings (SSSR count). The van der Waals surface area contributed by atoms with Crippen molar-refractivity contribution in [2.75, 3.05) is 0 Å². The molecule has 0 aliphatic heterocycles. The predicted molar refractivity (Wildman–Crippen MR) is 108 cm³/mol. The van der Waals surface area contributed by atoms with E-state index in [1.54, 1.807) is 17.8 Å². The van der Waals surface area contributed by atoms with Crippen LogP contribution in [0.1, 0.15) is 60.6 Å². The van der Waals surface area contributed by atoms with Gasteiger partial charge in [0.25, 0.3) is 5.91 Å². The molecule has 1 heterocycles. The SMILES string of the molecule is Cc1cccc(CSCc2ccc(C(=O)N[C@@H]3CCC[C@H](C)[C@H]3C)o2)c1. The van der Waals surface area contributed by atoms with Crippen LogP contribution in [0, 0.1) is 18.8 Å². The number of rotatable bonds is 6. The maximum absolute atomic E-state index is 12.5. The van der Waals surface area contributed by atoms with Gasteiger partial charge in [-0.2, -0.15) is 0 Å². The van der Waals surface area contributed by atoms with Crippen LogP contribution in [0.5, 0.6) is 0 Å². The van der Waals surface area contributed by atoms with Gasteiger partial charge in [-0.1, -0.05) is 56.5 Å². The molecule has 1 aliphatic rings. The van der Waals surface area contributed by atoms with Gasteiger partial charge < -0.3 is 9.73 Å². The molecule has 0 bridgehead atoms. The van der Waals surface area contributed by atoms with Crippen LogP contribution in [0.25, 0.3) is 0 Å². The fraction of sp³-hybridized carbons (Fsp3) is 0.500. The van der Waals surface area contributed by atoms with Crippen LogP contribution in [0.4, 0.5) is 0 Å². The van der Waals surface area contributed by atoms with Gasteiger partial charge in [-0.15, -0.1) is 11.8 Å². The number of benzene rings is 1. The van der Waals surface area contributed by atoms with E-state index in [1.807, 2.05) is 6.07 Å². The van der Waals surface area contributed by atoms with Gasteiger partial charge in [0.1, 0.15) is 5.76 Å². The molecular weight excluding hydrogens is 342 g/mol. The summed E-state index contributed by atoms with van der Waals surface area (Å²) in [6.45, 7) is 6.63. The molecule has 2 aromatic rings. The normalized spacial score (nSPS) is 23.0. The molecule has 26 heavy (non-hydrogen) atoms. The minimum atomic E-state index is -0.0779. The van der Waals surface area contributed by atoms with E-state index < -0.39 is 0 Å². The molecule has 0 radical (unpaired) electrons. The molecular formula is C22H29NO2S. The van der Waals surface area contributed by atoms with Crippen LogP contribution >= 0.6 is 11.8 Å².